The van der Waals surface area contributed by atoms with E-state index in [1.165, 1.54) is 12.8 Å². The molecule has 1 saturated carbocycles. The first-order valence-electron chi connectivity index (χ1n) is 17.1. The highest BCUT2D eigenvalue weighted by Crippen LogP contribution is 2.39. The minimum absolute atomic E-state index is 0.00822. The van der Waals surface area contributed by atoms with Crippen LogP contribution < -0.4 is 16.0 Å². The van der Waals surface area contributed by atoms with Crippen molar-refractivity contribution in [2.45, 2.75) is 103 Å². The van der Waals surface area contributed by atoms with Crippen LogP contribution in [-0.2, 0) is 34.0 Å². The van der Waals surface area contributed by atoms with Crippen LogP contribution in [0.2, 0.25) is 0 Å². The van der Waals surface area contributed by atoms with Crippen molar-refractivity contribution < 1.29 is 29.3 Å². The predicted molar refractivity (Wildman–Crippen MR) is 181 cm³/mol. The Balaban J connectivity index is 1.38. The number of benzene rings is 2. The van der Waals surface area contributed by atoms with Gasteiger partial charge in [0.05, 0.1) is 30.7 Å². The molecule has 1 heterocycles. The highest BCUT2D eigenvalue weighted by Gasteiger charge is 2.41. The van der Waals surface area contributed by atoms with Crippen LogP contribution in [0.3, 0.4) is 0 Å². The third kappa shape index (κ3) is 11.3. The largest absolute Gasteiger partial charge is 0.445 e. The molecule has 0 bridgehead atoms. The van der Waals surface area contributed by atoms with E-state index in [1.807, 2.05) is 51.1 Å². The van der Waals surface area contributed by atoms with Crippen LogP contribution in [0.15, 0.2) is 54.6 Å². The van der Waals surface area contributed by atoms with E-state index >= 15 is 0 Å². The number of hydrogen-bond donors (Lipinski definition) is 5. The Morgan fingerprint density at radius 2 is 1.62 bits per heavy atom. The number of hydrogen-bond acceptors (Lipinski definition) is 7. The molecule has 258 valence electrons. The van der Waals surface area contributed by atoms with Gasteiger partial charge in [-0.2, -0.15) is 0 Å². The Morgan fingerprint density at radius 3 is 2.28 bits per heavy atom. The molecule has 0 radical (unpaired) electrons. The maximum atomic E-state index is 13.5. The number of aliphatic hydroxyl groups is 2. The number of carbonyl (C=O) groups excluding carboxylic acids is 3. The second-order valence-electron chi connectivity index (χ2n) is 14.5. The Morgan fingerprint density at radius 1 is 0.957 bits per heavy atom. The van der Waals surface area contributed by atoms with Gasteiger partial charge < -0.3 is 30.9 Å². The van der Waals surface area contributed by atoms with Crippen molar-refractivity contribution >= 4 is 17.9 Å². The van der Waals surface area contributed by atoms with Crippen molar-refractivity contribution in [3.63, 3.8) is 0 Å². The first-order chi connectivity index (χ1) is 22.4. The van der Waals surface area contributed by atoms with Crippen molar-refractivity contribution in [2.24, 2.45) is 17.8 Å². The monoisotopic (exact) mass is 650 g/mol. The van der Waals surface area contributed by atoms with Gasteiger partial charge in [-0.15, -0.1) is 0 Å². The van der Waals surface area contributed by atoms with Gasteiger partial charge in [-0.25, -0.2) is 4.79 Å². The quantitative estimate of drug-likeness (QED) is 0.221. The molecule has 1 aliphatic carbocycles. The number of nitrogens with zero attached hydrogens (tertiary/aromatic N) is 1. The first kappa shape index (κ1) is 36.4. The van der Waals surface area contributed by atoms with Crippen molar-refractivity contribution in [3.05, 3.63) is 71.3 Å². The molecule has 10 heteroatoms. The van der Waals surface area contributed by atoms with Crippen LogP contribution in [0.25, 0.3) is 0 Å². The minimum atomic E-state index is -0.924. The van der Waals surface area contributed by atoms with Gasteiger partial charge in [0.15, 0.2) is 0 Å². The van der Waals surface area contributed by atoms with Crippen LogP contribution in [0.1, 0.15) is 76.5 Å². The standard InChI is InChI=1S/C37H54N4O6/c1-25(20-38-36(46)47-24-28-16-14-27(23-42)15-17-28)34(44)39-31(18-26-10-6-5-7-11-26)33(43)22-41-21-30-13-9-8-12-29(30)19-32(41)35(45)40-37(2,3)4/h5-7,10-11,14-17,25,29-33,42-43H,8-9,12-13,18-24H2,1-4H3,(H,38,46)(H,39,44)(H,40,45)/t25-,29-,30+,31-,32-,33+/m0/s1. The predicted octanol–water partition coefficient (Wildman–Crippen LogP) is 3.93. The number of β-amino-alcohol motifs (C(OH)–C–C–N with tert-alkyl or cyclic N) is 1. The summed E-state index contributed by atoms with van der Waals surface area (Å²) in [4.78, 5) is 41.4. The van der Waals surface area contributed by atoms with Gasteiger partial charge in [0.2, 0.25) is 11.8 Å². The molecular weight excluding hydrogens is 596 g/mol. The zero-order valence-corrected chi connectivity index (χ0v) is 28.4. The van der Waals surface area contributed by atoms with Crippen LogP contribution >= 0.6 is 0 Å². The molecular formula is C37H54N4O6. The van der Waals surface area contributed by atoms with E-state index in [0.717, 1.165) is 42.5 Å². The fourth-order valence-electron chi connectivity index (χ4n) is 6.74. The lowest BCUT2D eigenvalue weighted by molar-refractivity contribution is -0.133. The molecule has 47 heavy (non-hydrogen) atoms. The summed E-state index contributed by atoms with van der Waals surface area (Å²) in [5.74, 6) is 0.131. The molecule has 3 amide bonds. The number of likely N-dealkylation sites (tertiary alicyclic amines) is 1. The van der Waals surface area contributed by atoms with E-state index in [4.69, 9.17) is 4.74 Å². The van der Waals surface area contributed by atoms with Gasteiger partial charge in [0.1, 0.15) is 6.61 Å². The second kappa shape index (κ2) is 17.1. The number of alkyl carbamates (subject to hydrolysis) is 1. The SMILES string of the molecule is C[C@@H](CNC(=O)OCc1ccc(CO)cc1)C(=O)N[C@@H](Cc1ccccc1)[C@H](O)CN1C[C@H]2CCCC[C@H]2C[C@H]1C(=O)NC(C)(C)C. The van der Waals surface area contributed by atoms with Gasteiger partial charge in [0.25, 0.3) is 0 Å². The van der Waals surface area contributed by atoms with Crippen LogP contribution in [0, 0.1) is 17.8 Å². The van der Waals surface area contributed by atoms with Crippen molar-refractivity contribution in [1.82, 2.24) is 20.9 Å². The molecule has 0 aromatic heterocycles. The Kier molecular flexibility index (Phi) is 13.2. The number of aliphatic hydroxyl groups excluding tert-OH is 2. The first-order valence-corrected chi connectivity index (χ1v) is 17.1. The summed E-state index contributed by atoms with van der Waals surface area (Å²) in [6.45, 7) is 8.75. The zero-order valence-electron chi connectivity index (χ0n) is 28.4. The number of fused-ring (bicyclic) bond motifs is 1. The van der Waals surface area contributed by atoms with Crippen molar-refractivity contribution in [2.75, 3.05) is 19.6 Å². The molecule has 2 aromatic rings. The van der Waals surface area contributed by atoms with E-state index in [1.54, 1.807) is 31.2 Å². The highest BCUT2D eigenvalue weighted by atomic mass is 16.5. The normalized spacial score (nSPS) is 21.9. The molecule has 2 aliphatic rings. The summed E-state index contributed by atoms with van der Waals surface area (Å²) in [6, 6.07) is 15.9. The summed E-state index contributed by atoms with van der Waals surface area (Å²) in [7, 11) is 0. The lowest BCUT2D eigenvalue weighted by Crippen LogP contribution is -2.60. The minimum Gasteiger partial charge on any atom is -0.445 e. The third-order valence-corrected chi connectivity index (χ3v) is 9.39. The Hall–Kier alpha value is -3.47. The van der Waals surface area contributed by atoms with Crippen molar-refractivity contribution in [1.29, 1.82) is 0 Å². The number of rotatable bonds is 13. The number of nitrogens with one attached hydrogen (secondary N) is 3. The van der Waals surface area contributed by atoms with E-state index in [9.17, 15) is 24.6 Å². The maximum Gasteiger partial charge on any atom is 0.407 e. The lowest BCUT2D eigenvalue weighted by Gasteiger charge is -2.47. The zero-order chi connectivity index (χ0) is 34.0. The van der Waals surface area contributed by atoms with Crippen LogP contribution in [0.4, 0.5) is 4.79 Å². The summed E-state index contributed by atoms with van der Waals surface area (Å²) in [6.07, 6.45) is 4.31. The molecule has 6 atom stereocenters. The summed E-state index contributed by atoms with van der Waals surface area (Å²) >= 11 is 0. The van der Waals surface area contributed by atoms with Crippen LogP contribution in [0.5, 0.6) is 0 Å². The number of carbonyl (C=O) groups is 3. The average Bonchev–Trinajstić information content (AvgIpc) is 3.05. The molecule has 1 aliphatic heterocycles. The van der Waals surface area contributed by atoms with Gasteiger partial charge in [-0.05, 0) is 68.6 Å². The summed E-state index contributed by atoms with van der Waals surface area (Å²) in [5, 5.41) is 29.8. The molecule has 1 saturated heterocycles. The molecule has 2 aromatic carbocycles. The molecule has 10 nitrogen and oxygen atoms in total. The van der Waals surface area contributed by atoms with E-state index in [0.29, 0.717) is 18.3 Å². The molecule has 0 spiro atoms. The second-order valence-corrected chi connectivity index (χ2v) is 14.5. The lowest BCUT2D eigenvalue weighted by atomic mass is 9.72. The number of amides is 3. The number of ether oxygens (including phenoxy) is 1. The Bertz CT molecular complexity index is 1300. The molecule has 2 fully saturated rings. The van der Waals surface area contributed by atoms with E-state index < -0.39 is 24.2 Å². The van der Waals surface area contributed by atoms with Gasteiger partial charge >= 0.3 is 6.09 Å². The highest BCUT2D eigenvalue weighted by molar-refractivity contribution is 5.82. The number of piperidine rings is 1. The van der Waals surface area contributed by atoms with Gasteiger partial charge in [-0.3, -0.25) is 14.5 Å². The molecule has 4 rings (SSSR count). The third-order valence-electron chi connectivity index (χ3n) is 9.39. The van der Waals surface area contributed by atoms with Gasteiger partial charge in [-0.1, -0.05) is 80.8 Å². The fourth-order valence-corrected chi connectivity index (χ4v) is 6.74. The fraction of sp³-hybridized carbons (Fsp3) is 0.595. The van der Waals surface area contributed by atoms with Crippen molar-refractivity contribution in [3.8, 4) is 0 Å². The van der Waals surface area contributed by atoms with Crippen LogP contribution in [-0.4, -0.2) is 76.4 Å². The molecule has 0 unspecified atom stereocenters. The average molecular weight is 651 g/mol. The smallest absolute Gasteiger partial charge is 0.407 e. The van der Waals surface area contributed by atoms with E-state index in [2.05, 4.69) is 20.9 Å². The maximum absolute atomic E-state index is 13.5. The van der Waals surface area contributed by atoms with E-state index in [-0.39, 0.29) is 49.7 Å². The molecule has 5 N–H and O–H groups in total. The summed E-state index contributed by atoms with van der Waals surface area (Å²) in [5.41, 5.74) is 2.17. The Labute approximate surface area is 279 Å². The topological polar surface area (TPSA) is 140 Å². The summed E-state index contributed by atoms with van der Waals surface area (Å²) < 4.78 is 5.29. The van der Waals surface area contributed by atoms with Gasteiger partial charge in [0, 0.05) is 25.2 Å².